The zero-order valence-electron chi connectivity index (χ0n) is 11.1. The van der Waals surface area contributed by atoms with Crippen LogP contribution in [-0.2, 0) is 0 Å². The predicted octanol–water partition coefficient (Wildman–Crippen LogP) is 3.18. The van der Waals surface area contributed by atoms with Crippen LogP contribution < -0.4 is 10.1 Å². The number of phenols is 1. The molecule has 0 unspecified atom stereocenters. The molecule has 21 heavy (non-hydrogen) atoms. The van der Waals surface area contributed by atoms with E-state index in [1.807, 2.05) is 6.07 Å². The monoisotopic (exact) mass is 302 g/mol. The number of halogens is 1. The Morgan fingerprint density at radius 1 is 1.33 bits per heavy atom. The average molecular weight is 303 g/mol. The molecular weight excluding hydrogens is 292 g/mol. The number of anilines is 1. The fourth-order valence-electron chi connectivity index (χ4n) is 1.74. The molecule has 2 aromatic rings. The standard InChI is InChI=1S/C15H11ClN2O3/c1-21-14-6-9(8-17)2-5-13(14)18-15(20)11-7-10(19)3-4-12(11)16/h2-7,19H,1H3,(H,18,20). The Bertz CT molecular complexity index is 738. The van der Waals surface area contributed by atoms with Gasteiger partial charge in [0.25, 0.3) is 5.91 Å². The summed E-state index contributed by atoms with van der Waals surface area (Å²) < 4.78 is 5.13. The highest BCUT2D eigenvalue weighted by Crippen LogP contribution is 2.27. The van der Waals surface area contributed by atoms with Crippen LogP contribution in [0.25, 0.3) is 0 Å². The summed E-state index contributed by atoms with van der Waals surface area (Å²) in [4.78, 5) is 12.2. The smallest absolute Gasteiger partial charge is 0.257 e. The molecule has 106 valence electrons. The van der Waals surface area contributed by atoms with Crippen LogP contribution in [0.2, 0.25) is 5.02 Å². The van der Waals surface area contributed by atoms with Crippen LogP contribution in [0.15, 0.2) is 36.4 Å². The van der Waals surface area contributed by atoms with E-state index in [1.54, 1.807) is 12.1 Å². The van der Waals surface area contributed by atoms with E-state index in [2.05, 4.69) is 5.32 Å². The van der Waals surface area contributed by atoms with Crippen molar-refractivity contribution in [2.75, 3.05) is 12.4 Å². The summed E-state index contributed by atoms with van der Waals surface area (Å²) in [5.74, 6) is -0.186. The number of nitriles is 1. The van der Waals surface area contributed by atoms with E-state index in [4.69, 9.17) is 21.6 Å². The van der Waals surface area contributed by atoms with Crippen molar-refractivity contribution in [3.63, 3.8) is 0 Å². The number of phenolic OH excluding ortho intramolecular Hbond substituents is 1. The van der Waals surface area contributed by atoms with Gasteiger partial charge >= 0.3 is 0 Å². The molecule has 0 aromatic heterocycles. The molecule has 0 spiro atoms. The van der Waals surface area contributed by atoms with Gasteiger partial charge in [0, 0.05) is 6.07 Å². The van der Waals surface area contributed by atoms with Gasteiger partial charge in [0.15, 0.2) is 0 Å². The first-order chi connectivity index (χ1) is 10.0. The topological polar surface area (TPSA) is 82.3 Å². The Kier molecular flexibility index (Phi) is 4.31. The van der Waals surface area contributed by atoms with E-state index in [0.29, 0.717) is 17.0 Å². The van der Waals surface area contributed by atoms with Gasteiger partial charge in [-0.15, -0.1) is 0 Å². The summed E-state index contributed by atoms with van der Waals surface area (Å²) in [6, 6.07) is 10.7. The van der Waals surface area contributed by atoms with Crippen LogP contribution in [0, 0.1) is 11.3 Å². The van der Waals surface area contributed by atoms with Gasteiger partial charge in [0.1, 0.15) is 11.5 Å². The Hall–Kier alpha value is -2.71. The number of methoxy groups -OCH3 is 1. The maximum absolute atomic E-state index is 12.2. The second-order valence-corrected chi connectivity index (χ2v) is 4.55. The normalized spacial score (nSPS) is 9.76. The molecule has 2 aromatic carbocycles. The first-order valence-corrected chi connectivity index (χ1v) is 6.31. The summed E-state index contributed by atoms with van der Waals surface area (Å²) in [6.45, 7) is 0. The Morgan fingerprint density at radius 3 is 2.76 bits per heavy atom. The van der Waals surface area contributed by atoms with Crippen LogP contribution >= 0.6 is 11.6 Å². The first-order valence-electron chi connectivity index (χ1n) is 5.93. The van der Waals surface area contributed by atoms with Gasteiger partial charge in [0.2, 0.25) is 0 Å². The predicted molar refractivity (Wildman–Crippen MR) is 78.8 cm³/mol. The highest BCUT2D eigenvalue weighted by Gasteiger charge is 2.14. The van der Waals surface area contributed by atoms with Crippen molar-refractivity contribution in [3.8, 4) is 17.6 Å². The lowest BCUT2D eigenvalue weighted by molar-refractivity contribution is 0.102. The van der Waals surface area contributed by atoms with Crippen molar-refractivity contribution in [2.45, 2.75) is 0 Å². The molecule has 1 amide bonds. The minimum absolute atomic E-state index is 0.0589. The number of carbonyl (C=O) groups excluding carboxylic acids is 1. The molecule has 0 fully saturated rings. The number of ether oxygens (including phenoxy) is 1. The Balaban J connectivity index is 2.32. The first kappa shape index (κ1) is 14.7. The van der Waals surface area contributed by atoms with Gasteiger partial charge in [-0.25, -0.2) is 0 Å². The highest BCUT2D eigenvalue weighted by molar-refractivity contribution is 6.34. The molecule has 5 nitrogen and oxygen atoms in total. The van der Waals surface area contributed by atoms with Crippen molar-refractivity contribution in [1.82, 2.24) is 0 Å². The van der Waals surface area contributed by atoms with Crippen LogP contribution in [0.3, 0.4) is 0 Å². The number of hydrogen-bond donors (Lipinski definition) is 2. The number of nitrogens with one attached hydrogen (secondary N) is 1. The lowest BCUT2D eigenvalue weighted by atomic mass is 10.1. The molecule has 0 radical (unpaired) electrons. The van der Waals surface area contributed by atoms with Crippen LogP contribution in [0.1, 0.15) is 15.9 Å². The number of amides is 1. The van der Waals surface area contributed by atoms with Crippen molar-refractivity contribution >= 4 is 23.2 Å². The van der Waals surface area contributed by atoms with Gasteiger partial charge in [-0.3, -0.25) is 4.79 Å². The molecule has 2 N–H and O–H groups in total. The maximum Gasteiger partial charge on any atom is 0.257 e. The third-order valence-electron chi connectivity index (χ3n) is 2.77. The SMILES string of the molecule is COc1cc(C#N)ccc1NC(=O)c1cc(O)ccc1Cl. The van der Waals surface area contributed by atoms with Crippen LogP contribution in [0.5, 0.6) is 11.5 Å². The fraction of sp³-hybridized carbons (Fsp3) is 0.0667. The van der Waals surface area contributed by atoms with Crippen molar-refractivity contribution < 1.29 is 14.6 Å². The van der Waals surface area contributed by atoms with E-state index >= 15 is 0 Å². The largest absolute Gasteiger partial charge is 0.508 e. The van der Waals surface area contributed by atoms with E-state index < -0.39 is 5.91 Å². The molecule has 6 heteroatoms. The molecule has 0 heterocycles. The zero-order chi connectivity index (χ0) is 15.4. The number of nitrogens with zero attached hydrogens (tertiary/aromatic N) is 1. The minimum Gasteiger partial charge on any atom is -0.508 e. The molecule has 2 rings (SSSR count). The van der Waals surface area contributed by atoms with Gasteiger partial charge in [0.05, 0.1) is 35.0 Å². The minimum atomic E-state index is -0.487. The summed E-state index contributed by atoms with van der Waals surface area (Å²) in [7, 11) is 1.44. The number of carbonyl (C=O) groups is 1. The van der Waals surface area contributed by atoms with Crippen LogP contribution in [0.4, 0.5) is 5.69 Å². The van der Waals surface area contributed by atoms with Gasteiger partial charge in [-0.05, 0) is 30.3 Å². The second-order valence-electron chi connectivity index (χ2n) is 4.15. The van der Waals surface area contributed by atoms with Gasteiger partial charge in [-0.1, -0.05) is 11.6 Å². The molecule has 0 saturated carbocycles. The van der Waals surface area contributed by atoms with Crippen molar-refractivity contribution in [1.29, 1.82) is 5.26 Å². The third-order valence-corrected chi connectivity index (χ3v) is 3.10. The number of aromatic hydroxyl groups is 1. The fourth-order valence-corrected chi connectivity index (χ4v) is 1.94. The number of benzene rings is 2. The Morgan fingerprint density at radius 2 is 2.10 bits per heavy atom. The van der Waals surface area contributed by atoms with E-state index in [1.165, 1.54) is 31.4 Å². The molecule has 0 saturated heterocycles. The number of rotatable bonds is 3. The van der Waals surface area contributed by atoms with Crippen LogP contribution in [-0.4, -0.2) is 18.1 Å². The summed E-state index contributed by atoms with van der Waals surface area (Å²) in [5.41, 5.74) is 0.962. The molecular formula is C15H11ClN2O3. The number of hydrogen-bond acceptors (Lipinski definition) is 4. The zero-order valence-corrected chi connectivity index (χ0v) is 11.8. The van der Waals surface area contributed by atoms with E-state index in [0.717, 1.165) is 0 Å². The third kappa shape index (κ3) is 3.25. The van der Waals surface area contributed by atoms with E-state index in [9.17, 15) is 9.90 Å². The molecule has 0 aliphatic heterocycles. The van der Waals surface area contributed by atoms with Crippen molar-refractivity contribution in [3.05, 3.63) is 52.5 Å². The Labute approximate surface area is 126 Å². The lowest BCUT2D eigenvalue weighted by Crippen LogP contribution is -2.13. The maximum atomic E-state index is 12.2. The second kappa shape index (κ2) is 6.16. The molecule has 0 aliphatic rings. The van der Waals surface area contributed by atoms with E-state index in [-0.39, 0.29) is 16.3 Å². The quantitative estimate of drug-likeness (QED) is 0.912. The average Bonchev–Trinajstić information content (AvgIpc) is 2.49. The summed E-state index contributed by atoms with van der Waals surface area (Å²) in [5, 5.41) is 21.1. The van der Waals surface area contributed by atoms with Gasteiger partial charge in [-0.2, -0.15) is 5.26 Å². The van der Waals surface area contributed by atoms with Crippen molar-refractivity contribution in [2.24, 2.45) is 0 Å². The molecule has 0 bridgehead atoms. The summed E-state index contributed by atoms with van der Waals surface area (Å²) in [6.07, 6.45) is 0. The highest BCUT2D eigenvalue weighted by atomic mass is 35.5. The molecule has 0 aliphatic carbocycles. The molecule has 0 atom stereocenters. The summed E-state index contributed by atoms with van der Waals surface area (Å²) >= 11 is 5.93. The van der Waals surface area contributed by atoms with Gasteiger partial charge < -0.3 is 15.2 Å². The lowest BCUT2D eigenvalue weighted by Gasteiger charge is -2.11.